The molecule has 2 atom stereocenters. The maximum Gasteiger partial charge on any atom is 0.387 e. The number of para-hydroxylation sites is 2. The number of aliphatic hydroxyl groups excluding tert-OH is 1. The predicted octanol–water partition coefficient (Wildman–Crippen LogP) is 2.19. The van der Waals surface area contributed by atoms with Gasteiger partial charge in [0.1, 0.15) is 17.6 Å². The summed E-state index contributed by atoms with van der Waals surface area (Å²) in [5.41, 5.74) is -0.0710. The van der Waals surface area contributed by atoms with Crippen LogP contribution in [0.3, 0.4) is 0 Å². The number of aliphatic hydroxyl groups is 1. The van der Waals surface area contributed by atoms with Crippen LogP contribution in [0, 0.1) is 5.82 Å². The molecule has 11 heteroatoms. The lowest BCUT2D eigenvalue weighted by atomic mass is 10.2. The molecular weight excluding hydrogens is 413 g/mol. The second-order valence-electron chi connectivity index (χ2n) is 6.30. The standard InChI is InChI=1S/C18H17F3N2O5S/c19-11-5-7-13(8-6-11)29(26,27)23-10-12(24)9-15(23)17(25)22-14-3-1-2-4-16(14)28-18(20)21/h1-8,12,15,18,24H,9-10H2,(H,22,25)/t12-,15+/m0/s1. The van der Waals surface area contributed by atoms with Crippen LogP contribution in [0.15, 0.2) is 53.4 Å². The van der Waals surface area contributed by atoms with E-state index in [1.54, 1.807) is 0 Å². The summed E-state index contributed by atoms with van der Waals surface area (Å²) in [5.74, 6) is -1.74. The van der Waals surface area contributed by atoms with E-state index in [9.17, 15) is 31.5 Å². The molecule has 1 aliphatic heterocycles. The van der Waals surface area contributed by atoms with Crippen LogP contribution in [-0.2, 0) is 14.8 Å². The van der Waals surface area contributed by atoms with E-state index < -0.39 is 40.5 Å². The molecule has 0 aliphatic carbocycles. The first-order valence-corrected chi connectivity index (χ1v) is 9.92. The Kier molecular flexibility index (Phi) is 6.10. The normalized spacial score (nSPS) is 20.0. The van der Waals surface area contributed by atoms with Gasteiger partial charge in [-0.1, -0.05) is 12.1 Å². The lowest BCUT2D eigenvalue weighted by Crippen LogP contribution is -2.43. The molecule has 0 aromatic heterocycles. The highest BCUT2D eigenvalue weighted by molar-refractivity contribution is 7.89. The van der Waals surface area contributed by atoms with Gasteiger partial charge in [-0.25, -0.2) is 12.8 Å². The Morgan fingerprint density at radius 1 is 1.17 bits per heavy atom. The fourth-order valence-corrected chi connectivity index (χ4v) is 4.65. The number of carbonyl (C=O) groups is 1. The van der Waals surface area contributed by atoms with E-state index in [4.69, 9.17) is 0 Å². The monoisotopic (exact) mass is 430 g/mol. The SMILES string of the molecule is O=C(Nc1ccccc1OC(F)F)[C@H]1C[C@H](O)CN1S(=O)(=O)c1ccc(F)cc1. The third kappa shape index (κ3) is 4.69. The van der Waals surface area contributed by atoms with Crippen LogP contribution < -0.4 is 10.1 Å². The molecule has 2 N–H and O–H groups in total. The Hall–Kier alpha value is -2.63. The molecular formula is C18H17F3N2O5S. The fourth-order valence-electron chi connectivity index (χ4n) is 3.01. The number of anilines is 1. The number of hydrogen-bond acceptors (Lipinski definition) is 5. The van der Waals surface area contributed by atoms with Crippen molar-refractivity contribution in [2.24, 2.45) is 0 Å². The highest BCUT2D eigenvalue weighted by Crippen LogP contribution is 2.30. The van der Waals surface area contributed by atoms with E-state index in [0.29, 0.717) is 0 Å². The van der Waals surface area contributed by atoms with Gasteiger partial charge in [0, 0.05) is 13.0 Å². The molecule has 1 saturated heterocycles. The maximum atomic E-state index is 13.1. The summed E-state index contributed by atoms with van der Waals surface area (Å²) in [7, 11) is -4.21. The van der Waals surface area contributed by atoms with Gasteiger partial charge in [0.05, 0.1) is 16.7 Å². The maximum absolute atomic E-state index is 13.1. The summed E-state index contributed by atoms with van der Waals surface area (Å²) in [6, 6.07) is 8.19. The van der Waals surface area contributed by atoms with E-state index in [0.717, 1.165) is 28.6 Å². The lowest BCUT2D eigenvalue weighted by molar-refractivity contribution is -0.119. The number of benzene rings is 2. The minimum absolute atomic E-state index is 0.0710. The second-order valence-corrected chi connectivity index (χ2v) is 8.19. The molecule has 0 unspecified atom stereocenters. The quantitative estimate of drug-likeness (QED) is 0.733. The molecule has 3 rings (SSSR count). The van der Waals surface area contributed by atoms with Crippen molar-refractivity contribution in [3.8, 4) is 5.75 Å². The van der Waals surface area contributed by atoms with Crippen LogP contribution in [0.25, 0.3) is 0 Å². The van der Waals surface area contributed by atoms with Gasteiger partial charge in [-0.2, -0.15) is 13.1 Å². The van der Waals surface area contributed by atoms with Gasteiger partial charge in [0.25, 0.3) is 0 Å². The average Bonchev–Trinajstić information content (AvgIpc) is 3.06. The van der Waals surface area contributed by atoms with Crippen molar-refractivity contribution in [3.05, 3.63) is 54.3 Å². The van der Waals surface area contributed by atoms with E-state index in [2.05, 4.69) is 10.1 Å². The molecule has 2 aromatic carbocycles. The first-order valence-electron chi connectivity index (χ1n) is 8.48. The number of hydrogen-bond donors (Lipinski definition) is 2. The van der Waals surface area contributed by atoms with Gasteiger partial charge in [0.15, 0.2) is 0 Å². The van der Waals surface area contributed by atoms with Gasteiger partial charge < -0.3 is 15.2 Å². The van der Waals surface area contributed by atoms with Crippen molar-refractivity contribution in [1.82, 2.24) is 4.31 Å². The van der Waals surface area contributed by atoms with Crippen molar-refractivity contribution in [2.45, 2.75) is 30.1 Å². The summed E-state index contributed by atoms with van der Waals surface area (Å²) < 4.78 is 69.1. The molecule has 0 bridgehead atoms. The smallest absolute Gasteiger partial charge is 0.387 e. The fraction of sp³-hybridized carbons (Fsp3) is 0.278. The van der Waals surface area contributed by atoms with Crippen LogP contribution in [0.4, 0.5) is 18.9 Å². The topological polar surface area (TPSA) is 95.9 Å². The molecule has 2 aromatic rings. The van der Waals surface area contributed by atoms with E-state index in [-0.39, 0.29) is 29.3 Å². The Morgan fingerprint density at radius 2 is 1.83 bits per heavy atom. The second kappa shape index (κ2) is 8.39. The van der Waals surface area contributed by atoms with Gasteiger partial charge in [-0.05, 0) is 36.4 Å². The summed E-state index contributed by atoms with van der Waals surface area (Å²) in [6.07, 6.45) is -1.29. The van der Waals surface area contributed by atoms with Crippen molar-refractivity contribution >= 4 is 21.6 Å². The molecule has 0 radical (unpaired) electrons. The van der Waals surface area contributed by atoms with Crippen LogP contribution in [-0.4, -0.2) is 49.0 Å². The van der Waals surface area contributed by atoms with Gasteiger partial charge in [0.2, 0.25) is 15.9 Å². The minimum atomic E-state index is -4.21. The van der Waals surface area contributed by atoms with Crippen molar-refractivity contribution < 1.29 is 36.2 Å². The summed E-state index contributed by atoms with van der Waals surface area (Å²) in [6.45, 7) is -3.45. The number of β-amino-alcohol motifs (C(OH)–C–C–N with tert-alkyl or cyclic N) is 1. The van der Waals surface area contributed by atoms with Crippen molar-refractivity contribution in [1.29, 1.82) is 0 Å². The molecule has 156 valence electrons. The van der Waals surface area contributed by atoms with Crippen LogP contribution in [0.5, 0.6) is 5.75 Å². The predicted molar refractivity (Wildman–Crippen MR) is 96.4 cm³/mol. The number of amides is 1. The Balaban J connectivity index is 1.85. The average molecular weight is 430 g/mol. The van der Waals surface area contributed by atoms with Gasteiger partial charge >= 0.3 is 6.61 Å². The highest BCUT2D eigenvalue weighted by Gasteiger charge is 2.43. The van der Waals surface area contributed by atoms with E-state index in [1.807, 2.05) is 0 Å². The third-order valence-corrected chi connectivity index (χ3v) is 6.21. The zero-order chi connectivity index (χ0) is 21.2. The first kappa shape index (κ1) is 21.1. The lowest BCUT2D eigenvalue weighted by Gasteiger charge is -2.23. The molecule has 1 aliphatic rings. The zero-order valence-corrected chi connectivity index (χ0v) is 15.7. The number of sulfonamides is 1. The van der Waals surface area contributed by atoms with Crippen LogP contribution in [0.1, 0.15) is 6.42 Å². The minimum Gasteiger partial charge on any atom is -0.433 e. The third-order valence-electron chi connectivity index (χ3n) is 4.32. The first-order chi connectivity index (χ1) is 13.7. The number of halogens is 3. The number of carbonyl (C=O) groups excluding carboxylic acids is 1. The summed E-state index contributed by atoms with van der Waals surface area (Å²) in [4.78, 5) is 12.5. The van der Waals surface area contributed by atoms with Crippen LogP contribution >= 0.6 is 0 Å². The van der Waals surface area contributed by atoms with Crippen LogP contribution in [0.2, 0.25) is 0 Å². The molecule has 0 saturated carbocycles. The highest BCUT2D eigenvalue weighted by atomic mass is 32.2. The number of nitrogens with zero attached hydrogens (tertiary/aromatic N) is 1. The Morgan fingerprint density at radius 3 is 2.48 bits per heavy atom. The molecule has 1 amide bonds. The number of alkyl halides is 2. The molecule has 1 fully saturated rings. The zero-order valence-electron chi connectivity index (χ0n) is 14.8. The Bertz CT molecular complexity index is 985. The van der Waals surface area contributed by atoms with Gasteiger partial charge in [-0.15, -0.1) is 0 Å². The Labute approximate surface area is 164 Å². The van der Waals surface area contributed by atoms with Crippen molar-refractivity contribution in [2.75, 3.05) is 11.9 Å². The number of nitrogens with one attached hydrogen (secondary N) is 1. The van der Waals surface area contributed by atoms with Crippen molar-refractivity contribution in [3.63, 3.8) is 0 Å². The number of ether oxygens (including phenoxy) is 1. The molecule has 0 spiro atoms. The summed E-state index contributed by atoms with van der Waals surface area (Å²) in [5, 5.41) is 12.3. The largest absolute Gasteiger partial charge is 0.433 e. The summed E-state index contributed by atoms with van der Waals surface area (Å²) >= 11 is 0. The van der Waals surface area contributed by atoms with E-state index >= 15 is 0 Å². The van der Waals surface area contributed by atoms with E-state index in [1.165, 1.54) is 24.3 Å². The molecule has 1 heterocycles. The number of rotatable bonds is 6. The van der Waals surface area contributed by atoms with Gasteiger partial charge in [-0.3, -0.25) is 4.79 Å². The molecule has 7 nitrogen and oxygen atoms in total. The molecule has 29 heavy (non-hydrogen) atoms.